The average molecular weight is 695 g/mol. The van der Waals surface area contributed by atoms with Crippen LogP contribution in [0.4, 0.5) is 4.79 Å². The normalized spacial score (nSPS) is 18.6. The van der Waals surface area contributed by atoms with E-state index in [-0.39, 0.29) is 31.9 Å². The smallest absolute Gasteiger partial charge is 0.286 e. The predicted octanol–water partition coefficient (Wildman–Crippen LogP) is 4.08. The van der Waals surface area contributed by atoms with Crippen molar-refractivity contribution in [2.45, 2.75) is 42.1 Å². The van der Waals surface area contributed by atoms with Crippen LogP contribution in [0, 0.1) is 0 Å². The van der Waals surface area contributed by atoms with Crippen molar-refractivity contribution in [2.24, 2.45) is 5.14 Å². The summed E-state index contributed by atoms with van der Waals surface area (Å²) in [6.07, 6.45) is 4.19. The lowest BCUT2D eigenvalue weighted by Gasteiger charge is -2.25. The quantitative estimate of drug-likeness (QED) is 0.201. The molecule has 0 radical (unpaired) electrons. The summed E-state index contributed by atoms with van der Waals surface area (Å²) in [7, 11) is -4.06. The van der Waals surface area contributed by atoms with Gasteiger partial charge in [-0.15, -0.1) is 0 Å². The molecule has 1 fully saturated rings. The van der Waals surface area contributed by atoms with Crippen molar-refractivity contribution in [1.82, 2.24) is 15.6 Å². The maximum absolute atomic E-state index is 12.0. The first-order chi connectivity index (χ1) is 22.4. The summed E-state index contributed by atoms with van der Waals surface area (Å²) in [4.78, 5) is 38.8. The first kappa shape index (κ1) is 34.1. The number of halogens is 1. The van der Waals surface area contributed by atoms with Gasteiger partial charge in [0, 0.05) is 35.0 Å². The standard InChI is InChI=1S/C19H20N2O3S.C14H11ClN2O4S/c1-2-13-3-6-15(20-12-13)9-10-24-16-7-4-14(5-8-16)11-17-18(22)21-19(23)25-17;15-11-6-5-8(7-12(11)22(16,20)21)14(19)10-4-2-1-3-9(10)13(18)17-14/h3-8,12,17H,2,9-11H2,1H3,(H,21,22,23);1-7,19H,(H,17,18)(H2,16,20,21). The van der Waals surface area contributed by atoms with Gasteiger partial charge < -0.3 is 15.2 Å². The molecule has 2 unspecified atom stereocenters. The molecule has 0 bridgehead atoms. The van der Waals surface area contributed by atoms with Gasteiger partial charge in [0.05, 0.1) is 16.9 Å². The molecule has 1 aromatic heterocycles. The maximum Gasteiger partial charge on any atom is 0.286 e. The van der Waals surface area contributed by atoms with Gasteiger partial charge in [0.2, 0.25) is 15.9 Å². The summed E-state index contributed by atoms with van der Waals surface area (Å²) in [6, 6.07) is 22.2. The number of rotatable bonds is 9. The number of sulfonamides is 1. The minimum Gasteiger partial charge on any atom is -0.493 e. The number of hydrogen-bond acceptors (Lipinski definition) is 9. The zero-order valence-electron chi connectivity index (χ0n) is 25.1. The van der Waals surface area contributed by atoms with Gasteiger partial charge in [-0.3, -0.25) is 24.7 Å². The Balaban J connectivity index is 0.000000186. The number of primary sulfonamides is 1. The summed E-state index contributed by atoms with van der Waals surface area (Å²) in [6.45, 7) is 2.67. The van der Waals surface area contributed by atoms with Gasteiger partial charge in [-0.2, -0.15) is 0 Å². The van der Waals surface area contributed by atoms with Crippen LogP contribution in [-0.4, -0.2) is 47.4 Å². The highest BCUT2D eigenvalue weighted by atomic mass is 35.5. The van der Waals surface area contributed by atoms with Crippen molar-refractivity contribution < 1.29 is 32.6 Å². The number of thioether (sulfide) groups is 1. The molecule has 47 heavy (non-hydrogen) atoms. The number of fused-ring (bicyclic) bond motifs is 1. The van der Waals surface area contributed by atoms with Crippen LogP contribution in [0.25, 0.3) is 0 Å². The molecule has 14 heteroatoms. The lowest BCUT2D eigenvalue weighted by Crippen LogP contribution is -2.40. The number of carbonyl (C=O) groups is 3. The number of nitrogens with one attached hydrogen (secondary N) is 2. The minimum atomic E-state index is -4.06. The van der Waals surface area contributed by atoms with E-state index in [0.29, 0.717) is 24.2 Å². The number of benzene rings is 3. The number of nitrogens with two attached hydrogens (primary N) is 1. The Hall–Kier alpha value is -4.27. The molecule has 4 aromatic rings. The van der Waals surface area contributed by atoms with E-state index < -0.39 is 21.7 Å². The number of aromatic nitrogens is 1. The molecule has 3 aromatic carbocycles. The highest BCUT2D eigenvalue weighted by Crippen LogP contribution is 2.36. The Morgan fingerprint density at radius 3 is 2.38 bits per heavy atom. The fraction of sp³-hybridized carbons (Fsp3) is 0.212. The SMILES string of the molecule is CCc1ccc(CCOc2ccc(CC3SC(=O)NC3=O)cc2)nc1.NS(=O)(=O)c1cc(C2(O)NC(=O)c3ccccc32)ccc1Cl. The van der Waals surface area contributed by atoms with Gasteiger partial charge in [-0.1, -0.05) is 72.8 Å². The van der Waals surface area contributed by atoms with Gasteiger partial charge in [-0.05, 0) is 60.4 Å². The Bertz CT molecular complexity index is 1920. The topological polar surface area (TPSA) is 178 Å². The maximum atomic E-state index is 12.0. The van der Waals surface area contributed by atoms with E-state index in [4.69, 9.17) is 21.5 Å². The van der Waals surface area contributed by atoms with Crippen LogP contribution < -0.4 is 20.5 Å². The third kappa shape index (κ3) is 8.00. The molecule has 1 saturated heterocycles. The Morgan fingerprint density at radius 2 is 1.74 bits per heavy atom. The fourth-order valence-electron chi connectivity index (χ4n) is 5.02. The van der Waals surface area contributed by atoms with Crippen molar-refractivity contribution in [3.8, 4) is 5.75 Å². The van der Waals surface area contributed by atoms with Crippen LogP contribution in [0.1, 0.15) is 45.2 Å². The number of imide groups is 1. The van der Waals surface area contributed by atoms with Gasteiger partial charge in [0.25, 0.3) is 11.1 Å². The number of hydrogen-bond donors (Lipinski definition) is 4. The second kappa shape index (κ2) is 14.2. The predicted molar refractivity (Wildman–Crippen MR) is 178 cm³/mol. The molecule has 0 saturated carbocycles. The third-order valence-electron chi connectivity index (χ3n) is 7.54. The highest BCUT2D eigenvalue weighted by Gasteiger charge is 2.43. The second-order valence-electron chi connectivity index (χ2n) is 10.7. The van der Waals surface area contributed by atoms with Crippen LogP contribution in [0.2, 0.25) is 5.02 Å². The first-order valence-electron chi connectivity index (χ1n) is 14.5. The van der Waals surface area contributed by atoms with E-state index in [1.807, 2.05) is 36.5 Å². The summed E-state index contributed by atoms with van der Waals surface area (Å²) in [5, 5.41) is 20.0. The monoisotopic (exact) mass is 694 g/mol. The molecule has 6 rings (SSSR count). The molecule has 3 heterocycles. The van der Waals surface area contributed by atoms with Crippen LogP contribution in [0.5, 0.6) is 5.75 Å². The lowest BCUT2D eigenvalue weighted by molar-refractivity contribution is -0.118. The molecule has 244 valence electrons. The van der Waals surface area contributed by atoms with Crippen LogP contribution in [0.3, 0.4) is 0 Å². The van der Waals surface area contributed by atoms with Crippen molar-refractivity contribution in [3.63, 3.8) is 0 Å². The van der Waals surface area contributed by atoms with E-state index in [1.165, 1.54) is 17.7 Å². The molecular formula is C33H31ClN4O7S2. The Morgan fingerprint density at radius 1 is 1.02 bits per heavy atom. The first-order valence-corrected chi connectivity index (χ1v) is 17.3. The largest absolute Gasteiger partial charge is 0.493 e. The Labute approximate surface area is 280 Å². The van der Waals surface area contributed by atoms with Crippen molar-refractivity contribution >= 4 is 50.4 Å². The summed E-state index contributed by atoms with van der Waals surface area (Å²) in [5.41, 5.74) is 2.22. The van der Waals surface area contributed by atoms with Crippen molar-refractivity contribution in [2.75, 3.05) is 6.61 Å². The molecule has 11 nitrogen and oxygen atoms in total. The molecule has 0 aliphatic carbocycles. The number of aliphatic hydroxyl groups is 1. The molecular weight excluding hydrogens is 664 g/mol. The number of nitrogens with zero attached hydrogens (tertiary/aromatic N) is 1. The average Bonchev–Trinajstić information content (AvgIpc) is 3.51. The summed E-state index contributed by atoms with van der Waals surface area (Å²) >= 11 is 6.88. The minimum absolute atomic E-state index is 0.0625. The molecule has 2 aliphatic heterocycles. The van der Waals surface area contributed by atoms with Gasteiger partial charge in [0.15, 0.2) is 5.72 Å². The van der Waals surface area contributed by atoms with E-state index in [2.05, 4.69) is 28.6 Å². The van der Waals surface area contributed by atoms with Gasteiger partial charge in [0.1, 0.15) is 10.6 Å². The zero-order chi connectivity index (χ0) is 33.8. The van der Waals surface area contributed by atoms with Crippen LogP contribution >= 0.6 is 23.4 Å². The lowest BCUT2D eigenvalue weighted by atomic mass is 9.94. The third-order valence-corrected chi connectivity index (χ3v) is 9.92. The number of pyridine rings is 1. The molecule has 2 atom stereocenters. The fourth-order valence-corrected chi connectivity index (χ4v) is 6.95. The molecule has 2 aliphatic rings. The number of aryl methyl sites for hydroxylation is 1. The summed E-state index contributed by atoms with van der Waals surface area (Å²) < 4.78 is 28.9. The highest BCUT2D eigenvalue weighted by molar-refractivity contribution is 8.15. The Kier molecular flexibility index (Phi) is 10.3. The number of ether oxygens (including phenoxy) is 1. The van der Waals surface area contributed by atoms with Crippen molar-refractivity contribution in [3.05, 3.63) is 124 Å². The van der Waals surface area contributed by atoms with Gasteiger partial charge >= 0.3 is 0 Å². The van der Waals surface area contributed by atoms with Crippen LogP contribution in [-0.2, 0) is 39.8 Å². The van der Waals surface area contributed by atoms with Crippen LogP contribution in [0.15, 0.2) is 90.0 Å². The second-order valence-corrected chi connectivity index (χ2v) is 13.9. The van der Waals surface area contributed by atoms with Gasteiger partial charge in [-0.25, -0.2) is 13.6 Å². The van der Waals surface area contributed by atoms with E-state index in [0.717, 1.165) is 47.7 Å². The van der Waals surface area contributed by atoms with Crippen molar-refractivity contribution in [1.29, 1.82) is 0 Å². The van der Waals surface area contributed by atoms with E-state index in [1.54, 1.807) is 24.3 Å². The van der Waals surface area contributed by atoms with E-state index in [9.17, 15) is 27.9 Å². The summed E-state index contributed by atoms with van der Waals surface area (Å²) in [5.74, 6) is 0.121. The zero-order valence-corrected chi connectivity index (χ0v) is 27.5. The number of carbonyl (C=O) groups excluding carboxylic acids is 3. The molecule has 3 amide bonds. The molecule has 5 N–H and O–H groups in total. The van der Waals surface area contributed by atoms with E-state index >= 15 is 0 Å². The number of amides is 3. The molecule has 0 spiro atoms.